The largest absolute Gasteiger partial charge is 0.394 e. The summed E-state index contributed by atoms with van der Waals surface area (Å²) in [5.41, 5.74) is 0. The molecule has 12 heavy (non-hydrogen) atoms. The van der Waals surface area contributed by atoms with Gasteiger partial charge in [0, 0.05) is 25.7 Å². The summed E-state index contributed by atoms with van der Waals surface area (Å²) in [4.78, 5) is 2.29. The molecule has 0 saturated carbocycles. The summed E-state index contributed by atoms with van der Waals surface area (Å²) in [6, 6.07) is 0.683. The number of nitrogens with zero attached hydrogens (tertiary/aromatic N) is 1. The Balaban J connectivity index is 1.91. The van der Waals surface area contributed by atoms with E-state index in [1.165, 1.54) is 0 Å². The van der Waals surface area contributed by atoms with E-state index in [2.05, 4.69) is 17.3 Å². The molecule has 1 aliphatic rings. The zero-order valence-electron chi connectivity index (χ0n) is 7.62. The maximum atomic E-state index is 8.45. The number of ether oxygens (including phenoxy) is 1. The Bertz CT molecular complexity index is 118. The average molecular weight is 174 g/mol. The van der Waals surface area contributed by atoms with Crippen LogP contribution in [0.25, 0.3) is 0 Å². The zero-order valence-corrected chi connectivity index (χ0v) is 7.62. The predicted molar refractivity (Wildman–Crippen MR) is 47.2 cm³/mol. The highest BCUT2D eigenvalue weighted by atomic mass is 16.5. The fraction of sp³-hybridized carbons (Fsp3) is 1.00. The van der Waals surface area contributed by atoms with Crippen molar-refractivity contribution in [2.75, 3.05) is 46.5 Å². The van der Waals surface area contributed by atoms with Gasteiger partial charge in [0.25, 0.3) is 0 Å². The minimum atomic E-state index is 0.120. The van der Waals surface area contributed by atoms with Crippen molar-refractivity contribution < 1.29 is 9.84 Å². The molecule has 4 heteroatoms. The Morgan fingerprint density at radius 1 is 1.50 bits per heavy atom. The maximum Gasteiger partial charge on any atom is 0.0698 e. The van der Waals surface area contributed by atoms with Crippen molar-refractivity contribution in [1.82, 2.24) is 10.2 Å². The molecule has 4 nitrogen and oxygen atoms in total. The molecule has 0 aromatic rings. The molecule has 72 valence electrons. The number of likely N-dealkylation sites (N-methyl/N-ethyl adjacent to an activating group) is 1. The second-order valence-electron chi connectivity index (χ2n) is 3.13. The molecule has 1 heterocycles. The van der Waals surface area contributed by atoms with Crippen LogP contribution in [0.5, 0.6) is 0 Å². The third-order valence-electron chi connectivity index (χ3n) is 2.21. The van der Waals surface area contributed by atoms with E-state index in [0.29, 0.717) is 19.3 Å². The minimum Gasteiger partial charge on any atom is -0.394 e. The SMILES string of the molecule is CN(CCOCCO)C1CNC1. The molecule has 2 N–H and O–H groups in total. The Morgan fingerprint density at radius 3 is 2.75 bits per heavy atom. The maximum absolute atomic E-state index is 8.45. The van der Waals surface area contributed by atoms with Gasteiger partial charge < -0.3 is 15.2 Å². The second kappa shape index (κ2) is 5.48. The van der Waals surface area contributed by atoms with E-state index in [9.17, 15) is 0 Å². The van der Waals surface area contributed by atoms with Crippen molar-refractivity contribution >= 4 is 0 Å². The first-order valence-corrected chi connectivity index (χ1v) is 4.44. The number of rotatable bonds is 6. The number of nitrogens with one attached hydrogen (secondary N) is 1. The summed E-state index contributed by atoms with van der Waals surface area (Å²) >= 11 is 0. The first-order valence-electron chi connectivity index (χ1n) is 4.44. The zero-order chi connectivity index (χ0) is 8.81. The molecule has 0 bridgehead atoms. The molecular formula is C8H18N2O2. The number of aliphatic hydroxyl groups excluding tert-OH is 1. The van der Waals surface area contributed by atoms with Gasteiger partial charge in [0.2, 0.25) is 0 Å². The molecule has 0 atom stereocenters. The van der Waals surface area contributed by atoms with Gasteiger partial charge in [-0.1, -0.05) is 0 Å². The smallest absolute Gasteiger partial charge is 0.0698 e. The number of aliphatic hydroxyl groups is 1. The Labute approximate surface area is 73.5 Å². The van der Waals surface area contributed by atoms with Crippen molar-refractivity contribution in [2.45, 2.75) is 6.04 Å². The van der Waals surface area contributed by atoms with E-state index in [0.717, 1.165) is 19.6 Å². The summed E-state index contributed by atoms with van der Waals surface area (Å²) in [7, 11) is 2.10. The van der Waals surface area contributed by atoms with E-state index in [-0.39, 0.29) is 6.61 Å². The van der Waals surface area contributed by atoms with Gasteiger partial charge in [-0.2, -0.15) is 0 Å². The van der Waals surface area contributed by atoms with Crippen LogP contribution in [-0.2, 0) is 4.74 Å². The molecule has 0 aromatic carbocycles. The molecule has 1 aliphatic heterocycles. The lowest BCUT2D eigenvalue weighted by molar-refractivity contribution is 0.0636. The van der Waals surface area contributed by atoms with Gasteiger partial charge in [0.1, 0.15) is 0 Å². The van der Waals surface area contributed by atoms with Gasteiger partial charge in [-0.25, -0.2) is 0 Å². The van der Waals surface area contributed by atoms with Crippen LogP contribution in [0.1, 0.15) is 0 Å². The molecule has 1 fully saturated rings. The Morgan fingerprint density at radius 2 is 2.25 bits per heavy atom. The van der Waals surface area contributed by atoms with Crippen molar-refractivity contribution in [2.24, 2.45) is 0 Å². The third-order valence-corrected chi connectivity index (χ3v) is 2.21. The molecule has 0 aromatic heterocycles. The van der Waals surface area contributed by atoms with Gasteiger partial charge in [-0.15, -0.1) is 0 Å². The van der Waals surface area contributed by atoms with Gasteiger partial charge >= 0.3 is 0 Å². The quantitative estimate of drug-likeness (QED) is 0.502. The van der Waals surface area contributed by atoms with Gasteiger partial charge in [0.05, 0.1) is 19.8 Å². The van der Waals surface area contributed by atoms with Crippen LogP contribution in [0.3, 0.4) is 0 Å². The first kappa shape index (κ1) is 9.92. The molecule has 0 aliphatic carbocycles. The molecule has 1 rings (SSSR count). The normalized spacial score (nSPS) is 18.2. The van der Waals surface area contributed by atoms with Gasteiger partial charge in [-0.3, -0.25) is 4.90 Å². The van der Waals surface area contributed by atoms with Crippen LogP contribution in [-0.4, -0.2) is 62.6 Å². The van der Waals surface area contributed by atoms with Crippen molar-refractivity contribution in [3.05, 3.63) is 0 Å². The summed E-state index contributed by atoms with van der Waals surface area (Å²) in [5.74, 6) is 0. The highest BCUT2D eigenvalue weighted by Crippen LogP contribution is 2.00. The fourth-order valence-electron chi connectivity index (χ4n) is 1.14. The van der Waals surface area contributed by atoms with Gasteiger partial charge in [-0.05, 0) is 7.05 Å². The number of hydrogen-bond acceptors (Lipinski definition) is 4. The van der Waals surface area contributed by atoms with Crippen molar-refractivity contribution in [3.8, 4) is 0 Å². The molecule has 0 radical (unpaired) electrons. The second-order valence-corrected chi connectivity index (χ2v) is 3.13. The van der Waals surface area contributed by atoms with Crippen LogP contribution in [0.4, 0.5) is 0 Å². The molecular weight excluding hydrogens is 156 g/mol. The number of hydrogen-bond donors (Lipinski definition) is 2. The van der Waals surface area contributed by atoms with Crippen LogP contribution in [0.15, 0.2) is 0 Å². The van der Waals surface area contributed by atoms with E-state index in [1.54, 1.807) is 0 Å². The predicted octanol–water partition coefficient (Wildman–Crippen LogP) is -1.10. The monoisotopic (exact) mass is 174 g/mol. The summed E-state index contributed by atoms with van der Waals surface area (Å²) in [6.07, 6.45) is 0. The van der Waals surface area contributed by atoms with Crippen LogP contribution in [0.2, 0.25) is 0 Å². The highest BCUT2D eigenvalue weighted by molar-refractivity contribution is 4.82. The molecule has 1 saturated heterocycles. The van der Waals surface area contributed by atoms with E-state index in [1.807, 2.05) is 0 Å². The van der Waals surface area contributed by atoms with Crippen molar-refractivity contribution in [1.29, 1.82) is 0 Å². The van der Waals surface area contributed by atoms with E-state index >= 15 is 0 Å². The minimum absolute atomic E-state index is 0.120. The molecule has 0 unspecified atom stereocenters. The summed E-state index contributed by atoms with van der Waals surface area (Å²) in [6.45, 7) is 4.43. The molecule has 0 amide bonds. The lowest BCUT2D eigenvalue weighted by Gasteiger charge is -2.35. The Kier molecular flexibility index (Phi) is 4.53. The fourth-order valence-corrected chi connectivity index (χ4v) is 1.14. The lowest BCUT2D eigenvalue weighted by Crippen LogP contribution is -2.56. The van der Waals surface area contributed by atoms with Crippen LogP contribution in [0, 0.1) is 0 Å². The van der Waals surface area contributed by atoms with Crippen LogP contribution >= 0.6 is 0 Å². The first-order chi connectivity index (χ1) is 5.84. The van der Waals surface area contributed by atoms with E-state index < -0.39 is 0 Å². The summed E-state index contributed by atoms with van der Waals surface area (Å²) in [5, 5.41) is 11.7. The Hall–Kier alpha value is -0.160. The molecule has 0 spiro atoms. The highest BCUT2D eigenvalue weighted by Gasteiger charge is 2.20. The average Bonchev–Trinajstić information content (AvgIpc) is 1.95. The van der Waals surface area contributed by atoms with E-state index in [4.69, 9.17) is 9.84 Å². The third kappa shape index (κ3) is 3.06. The van der Waals surface area contributed by atoms with Crippen molar-refractivity contribution in [3.63, 3.8) is 0 Å². The lowest BCUT2D eigenvalue weighted by atomic mass is 10.1. The summed E-state index contributed by atoms with van der Waals surface area (Å²) < 4.78 is 5.16. The topological polar surface area (TPSA) is 44.7 Å². The standard InChI is InChI=1S/C8H18N2O2/c1-10(8-6-9-7-8)2-4-12-5-3-11/h8-9,11H,2-7H2,1H3. The van der Waals surface area contributed by atoms with Crippen LogP contribution < -0.4 is 5.32 Å². The van der Waals surface area contributed by atoms with Gasteiger partial charge in [0.15, 0.2) is 0 Å².